The molecule has 0 unspecified atom stereocenters. The summed E-state index contributed by atoms with van der Waals surface area (Å²) in [6, 6.07) is 7.65. The Hall–Kier alpha value is -2.96. The number of pyridine rings is 1. The van der Waals surface area contributed by atoms with Crippen LogP contribution in [-0.2, 0) is 0 Å². The molecule has 2 heterocycles. The van der Waals surface area contributed by atoms with Gasteiger partial charge in [0.05, 0.1) is 11.4 Å². The highest BCUT2D eigenvalue weighted by Gasteiger charge is 2.36. The standard InChI is InChI=1S/C18H16FN3O3/c19-12-1-4-15-16(10-12)22(8-7-21(15)13-2-3-13)17(23)11-5-6-20-14(9-11)18(24)25/h1,4-6,9-10,13H,2-3,7-8H2,(H,24,25). The topological polar surface area (TPSA) is 73.7 Å². The number of fused-ring (bicyclic) bond motifs is 1. The van der Waals surface area contributed by atoms with Crippen molar-refractivity contribution in [3.8, 4) is 0 Å². The maximum atomic E-state index is 13.8. The molecule has 1 aromatic carbocycles. The first-order chi connectivity index (χ1) is 12.0. The van der Waals surface area contributed by atoms with E-state index >= 15 is 0 Å². The molecule has 1 saturated carbocycles. The Labute approximate surface area is 143 Å². The number of rotatable bonds is 3. The van der Waals surface area contributed by atoms with Gasteiger partial charge in [0.15, 0.2) is 0 Å². The third-order valence-electron chi connectivity index (χ3n) is 4.56. The summed E-state index contributed by atoms with van der Waals surface area (Å²) in [5.74, 6) is -1.96. The van der Waals surface area contributed by atoms with Crippen LogP contribution in [0.3, 0.4) is 0 Å². The number of carboxylic acids is 1. The molecule has 6 nitrogen and oxygen atoms in total. The molecule has 4 rings (SSSR count). The van der Waals surface area contributed by atoms with E-state index in [-0.39, 0.29) is 17.2 Å². The largest absolute Gasteiger partial charge is 0.477 e. The van der Waals surface area contributed by atoms with Gasteiger partial charge in [-0.1, -0.05) is 0 Å². The van der Waals surface area contributed by atoms with Crippen LogP contribution in [0.5, 0.6) is 0 Å². The number of hydrogen-bond acceptors (Lipinski definition) is 4. The normalized spacial score (nSPS) is 16.5. The highest BCUT2D eigenvalue weighted by molar-refractivity contribution is 6.09. The fraction of sp³-hybridized carbons (Fsp3) is 0.278. The van der Waals surface area contributed by atoms with Crippen LogP contribution in [0.25, 0.3) is 0 Å². The van der Waals surface area contributed by atoms with E-state index in [0.29, 0.717) is 24.8 Å². The number of amides is 1. The third-order valence-corrected chi connectivity index (χ3v) is 4.56. The van der Waals surface area contributed by atoms with E-state index < -0.39 is 11.8 Å². The van der Waals surface area contributed by atoms with E-state index in [1.807, 2.05) is 0 Å². The first-order valence-corrected chi connectivity index (χ1v) is 8.12. The van der Waals surface area contributed by atoms with Crippen molar-refractivity contribution in [2.24, 2.45) is 0 Å². The lowest BCUT2D eigenvalue weighted by molar-refractivity contribution is 0.0690. The predicted octanol–water partition coefficient (Wildman–Crippen LogP) is 2.55. The molecule has 1 amide bonds. The van der Waals surface area contributed by atoms with E-state index in [9.17, 15) is 14.0 Å². The minimum absolute atomic E-state index is 0.193. The van der Waals surface area contributed by atoms with Gasteiger partial charge in [0.25, 0.3) is 5.91 Å². The van der Waals surface area contributed by atoms with Gasteiger partial charge < -0.3 is 14.9 Å². The van der Waals surface area contributed by atoms with Crippen LogP contribution >= 0.6 is 0 Å². The third kappa shape index (κ3) is 2.82. The maximum absolute atomic E-state index is 13.8. The fourth-order valence-corrected chi connectivity index (χ4v) is 3.22. The van der Waals surface area contributed by atoms with E-state index in [0.717, 1.165) is 18.5 Å². The van der Waals surface area contributed by atoms with Crippen molar-refractivity contribution in [3.63, 3.8) is 0 Å². The summed E-state index contributed by atoms with van der Waals surface area (Å²) in [5.41, 5.74) is 1.40. The number of hydrogen-bond donors (Lipinski definition) is 1. The first kappa shape index (κ1) is 15.6. The number of carbonyl (C=O) groups excluding carboxylic acids is 1. The SMILES string of the molecule is O=C(O)c1cc(C(=O)N2CCN(C3CC3)c3ccc(F)cc32)ccn1. The van der Waals surface area contributed by atoms with E-state index in [1.54, 1.807) is 6.07 Å². The van der Waals surface area contributed by atoms with Crippen LogP contribution in [0, 0.1) is 5.82 Å². The Morgan fingerprint density at radius 2 is 1.92 bits per heavy atom. The minimum Gasteiger partial charge on any atom is -0.477 e. The summed E-state index contributed by atoms with van der Waals surface area (Å²) < 4.78 is 13.8. The van der Waals surface area contributed by atoms with Crippen molar-refractivity contribution >= 4 is 23.3 Å². The minimum atomic E-state index is -1.19. The van der Waals surface area contributed by atoms with Crippen LogP contribution in [0.2, 0.25) is 0 Å². The zero-order chi connectivity index (χ0) is 17.6. The van der Waals surface area contributed by atoms with Crippen molar-refractivity contribution in [2.45, 2.75) is 18.9 Å². The van der Waals surface area contributed by atoms with Crippen molar-refractivity contribution in [3.05, 3.63) is 53.6 Å². The smallest absolute Gasteiger partial charge is 0.354 e. The molecule has 1 aromatic heterocycles. The van der Waals surface area contributed by atoms with Gasteiger partial charge in [0, 0.05) is 30.9 Å². The second-order valence-electron chi connectivity index (χ2n) is 6.25. The zero-order valence-corrected chi connectivity index (χ0v) is 13.4. The van der Waals surface area contributed by atoms with Crippen molar-refractivity contribution in [2.75, 3.05) is 22.9 Å². The van der Waals surface area contributed by atoms with E-state index in [2.05, 4.69) is 9.88 Å². The van der Waals surface area contributed by atoms with Crippen molar-refractivity contribution < 1.29 is 19.1 Å². The van der Waals surface area contributed by atoms with Crippen molar-refractivity contribution in [1.29, 1.82) is 0 Å². The van der Waals surface area contributed by atoms with Gasteiger partial charge in [-0.25, -0.2) is 14.2 Å². The number of halogens is 1. The van der Waals surface area contributed by atoms with E-state index in [1.165, 1.54) is 35.4 Å². The highest BCUT2D eigenvalue weighted by atomic mass is 19.1. The number of carboxylic acid groups (broad SMARTS) is 1. The summed E-state index contributed by atoms with van der Waals surface area (Å²) in [6.07, 6.45) is 3.51. The van der Waals surface area contributed by atoms with Gasteiger partial charge in [0.1, 0.15) is 11.5 Å². The Bertz CT molecular complexity index is 866. The quantitative estimate of drug-likeness (QED) is 0.929. The Balaban J connectivity index is 1.72. The molecule has 2 aromatic rings. The molecule has 0 atom stereocenters. The molecule has 7 heteroatoms. The molecule has 0 saturated heterocycles. The fourth-order valence-electron chi connectivity index (χ4n) is 3.22. The van der Waals surface area contributed by atoms with Gasteiger partial charge in [-0.2, -0.15) is 0 Å². The number of nitrogens with zero attached hydrogens (tertiary/aromatic N) is 3. The molecule has 1 fully saturated rings. The maximum Gasteiger partial charge on any atom is 0.354 e. The van der Waals surface area contributed by atoms with Crippen LogP contribution in [-0.4, -0.2) is 41.1 Å². The van der Waals surface area contributed by atoms with Crippen LogP contribution in [0.15, 0.2) is 36.5 Å². The zero-order valence-electron chi connectivity index (χ0n) is 13.4. The number of aromatic carboxylic acids is 1. The first-order valence-electron chi connectivity index (χ1n) is 8.12. The molecule has 0 radical (unpaired) electrons. The molecule has 1 aliphatic carbocycles. The average Bonchev–Trinajstić information content (AvgIpc) is 3.45. The molecule has 1 aliphatic heterocycles. The van der Waals surface area contributed by atoms with Gasteiger partial charge in [0.2, 0.25) is 0 Å². The predicted molar refractivity (Wildman–Crippen MR) is 89.6 cm³/mol. The summed E-state index contributed by atoms with van der Waals surface area (Å²) in [5, 5.41) is 9.05. The molecule has 0 bridgehead atoms. The summed E-state index contributed by atoms with van der Waals surface area (Å²) >= 11 is 0. The number of aromatic nitrogens is 1. The molecular weight excluding hydrogens is 325 g/mol. The molecule has 2 aliphatic rings. The number of benzene rings is 1. The second kappa shape index (κ2) is 5.84. The molecule has 0 spiro atoms. The molecule has 128 valence electrons. The van der Waals surface area contributed by atoms with Crippen LogP contribution in [0.4, 0.5) is 15.8 Å². The lowest BCUT2D eigenvalue weighted by Crippen LogP contribution is -2.45. The molecule has 1 N–H and O–H groups in total. The highest BCUT2D eigenvalue weighted by Crippen LogP contribution is 2.40. The lowest BCUT2D eigenvalue weighted by Gasteiger charge is -2.38. The van der Waals surface area contributed by atoms with E-state index in [4.69, 9.17) is 5.11 Å². The number of anilines is 2. The van der Waals surface area contributed by atoms with Crippen LogP contribution < -0.4 is 9.80 Å². The summed E-state index contributed by atoms with van der Waals surface area (Å²) in [6.45, 7) is 1.10. The Morgan fingerprint density at radius 1 is 1.12 bits per heavy atom. The summed E-state index contributed by atoms with van der Waals surface area (Å²) in [4.78, 5) is 31.4. The van der Waals surface area contributed by atoms with Crippen LogP contribution in [0.1, 0.15) is 33.7 Å². The van der Waals surface area contributed by atoms with Gasteiger partial charge in [-0.3, -0.25) is 4.79 Å². The molecule has 25 heavy (non-hydrogen) atoms. The Morgan fingerprint density at radius 3 is 2.64 bits per heavy atom. The lowest BCUT2D eigenvalue weighted by atomic mass is 10.1. The van der Waals surface area contributed by atoms with Gasteiger partial charge in [-0.15, -0.1) is 0 Å². The summed E-state index contributed by atoms with van der Waals surface area (Å²) in [7, 11) is 0. The second-order valence-corrected chi connectivity index (χ2v) is 6.25. The van der Waals surface area contributed by atoms with Gasteiger partial charge in [-0.05, 0) is 43.2 Å². The van der Waals surface area contributed by atoms with Crippen molar-refractivity contribution in [1.82, 2.24) is 4.98 Å². The average molecular weight is 341 g/mol. The Kier molecular flexibility index (Phi) is 3.63. The monoisotopic (exact) mass is 341 g/mol. The number of carbonyl (C=O) groups is 2. The molecular formula is C18H16FN3O3. The van der Waals surface area contributed by atoms with Gasteiger partial charge >= 0.3 is 5.97 Å².